The molecule has 0 aliphatic heterocycles. The van der Waals surface area contributed by atoms with Crippen LogP contribution in [0.5, 0.6) is 0 Å². The largest absolute Gasteiger partial charge is 0.366 e. The number of carbonyl (C=O) groups is 1. The quantitative estimate of drug-likeness (QED) is 0.923. The number of aromatic nitrogens is 1. The van der Waals surface area contributed by atoms with E-state index in [-0.39, 0.29) is 18.8 Å². The maximum absolute atomic E-state index is 13.2. The first-order chi connectivity index (χ1) is 9.96. The van der Waals surface area contributed by atoms with E-state index in [0.717, 1.165) is 10.9 Å². The van der Waals surface area contributed by atoms with Crippen molar-refractivity contribution in [1.29, 1.82) is 0 Å². The second kappa shape index (κ2) is 5.13. The third kappa shape index (κ3) is 2.77. The molecular weight excluding hydrogens is 274 g/mol. The molecule has 2 aromatic rings. The minimum Gasteiger partial charge on any atom is -0.366 e. The van der Waals surface area contributed by atoms with E-state index in [1.165, 1.54) is 0 Å². The molecule has 0 radical (unpaired) electrons. The molecule has 3 rings (SSSR count). The minimum absolute atomic E-state index is 0.0421. The van der Waals surface area contributed by atoms with Gasteiger partial charge in [0.1, 0.15) is 0 Å². The Morgan fingerprint density at radius 2 is 1.95 bits per heavy atom. The number of carbonyl (C=O) groups excluding carboxylic acids is 1. The Bertz CT molecular complexity index is 668. The molecule has 3 nitrogen and oxygen atoms in total. The van der Waals surface area contributed by atoms with Gasteiger partial charge < -0.3 is 10.3 Å². The molecule has 0 bridgehead atoms. The highest BCUT2D eigenvalue weighted by atomic mass is 19.3. The highest BCUT2D eigenvalue weighted by Gasteiger charge is 2.35. The van der Waals surface area contributed by atoms with Crippen molar-refractivity contribution in [3.63, 3.8) is 0 Å². The molecule has 0 spiro atoms. The van der Waals surface area contributed by atoms with E-state index in [9.17, 15) is 13.6 Å². The Labute approximate surface area is 121 Å². The third-order valence-corrected chi connectivity index (χ3v) is 4.35. The summed E-state index contributed by atoms with van der Waals surface area (Å²) in [4.78, 5) is 11.5. The number of hydrogen-bond acceptors (Lipinski definition) is 1. The fourth-order valence-corrected chi connectivity index (χ4v) is 3.15. The van der Waals surface area contributed by atoms with Crippen LogP contribution in [-0.2, 0) is 6.54 Å². The first-order valence-electron chi connectivity index (χ1n) is 7.22. The molecular formula is C16H18F2N2O. The number of alkyl halides is 2. The van der Waals surface area contributed by atoms with Crippen molar-refractivity contribution >= 4 is 16.8 Å². The predicted octanol–water partition coefficient (Wildman–Crippen LogP) is 3.57. The maximum Gasteiger partial charge on any atom is 0.250 e. The van der Waals surface area contributed by atoms with Gasteiger partial charge in [-0.15, -0.1) is 0 Å². The van der Waals surface area contributed by atoms with Gasteiger partial charge in [-0.1, -0.05) is 18.2 Å². The van der Waals surface area contributed by atoms with E-state index in [1.807, 2.05) is 28.8 Å². The van der Waals surface area contributed by atoms with Crippen molar-refractivity contribution in [3.8, 4) is 0 Å². The lowest BCUT2D eigenvalue weighted by Gasteiger charge is -2.28. The molecule has 0 atom stereocenters. The first-order valence-corrected chi connectivity index (χ1v) is 7.22. The van der Waals surface area contributed by atoms with Crippen LogP contribution in [0, 0.1) is 5.92 Å². The molecule has 2 N–H and O–H groups in total. The van der Waals surface area contributed by atoms with E-state index in [4.69, 9.17) is 5.73 Å². The Morgan fingerprint density at radius 1 is 1.29 bits per heavy atom. The number of benzene rings is 1. The Hall–Kier alpha value is -1.91. The number of hydrogen-bond donors (Lipinski definition) is 1. The van der Waals surface area contributed by atoms with Crippen LogP contribution < -0.4 is 5.73 Å². The minimum atomic E-state index is -2.51. The summed E-state index contributed by atoms with van der Waals surface area (Å²) < 4.78 is 28.4. The standard InChI is InChI=1S/C16H18F2N2O/c17-16(18)7-5-11(6-8-16)9-20-10-13(15(19)21)12-3-1-2-4-14(12)20/h1-4,10-11H,5-9H2,(H2,19,21). The van der Waals surface area contributed by atoms with E-state index >= 15 is 0 Å². The molecule has 0 unspecified atom stereocenters. The number of fused-ring (bicyclic) bond motifs is 1. The van der Waals surface area contributed by atoms with Gasteiger partial charge in [-0.2, -0.15) is 0 Å². The Balaban J connectivity index is 1.86. The van der Waals surface area contributed by atoms with Crippen LogP contribution in [0.25, 0.3) is 10.9 Å². The van der Waals surface area contributed by atoms with Gasteiger partial charge in [0.2, 0.25) is 5.92 Å². The summed E-state index contributed by atoms with van der Waals surface area (Å²) in [5.74, 6) is -2.74. The molecule has 1 amide bonds. The second-order valence-corrected chi connectivity index (χ2v) is 5.88. The van der Waals surface area contributed by atoms with Crippen LogP contribution in [-0.4, -0.2) is 16.4 Å². The topological polar surface area (TPSA) is 48.0 Å². The average Bonchev–Trinajstić information content (AvgIpc) is 2.81. The molecule has 1 fully saturated rings. The molecule has 1 aliphatic carbocycles. The van der Waals surface area contributed by atoms with Crippen molar-refractivity contribution in [1.82, 2.24) is 4.57 Å². The summed E-state index contributed by atoms with van der Waals surface area (Å²) >= 11 is 0. The van der Waals surface area contributed by atoms with Crippen LogP contribution in [0.1, 0.15) is 36.0 Å². The lowest BCUT2D eigenvalue weighted by atomic mass is 9.87. The SMILES string of the molecule is NC(=O)c1cn(CC2CCC(F)(F)CC2)c2ccccc12. The van der Waals surface area contributed by atoms with Crippen molar-refractivity contribution in [2.24, 2.45) is 11.7 Å². The van der Waals surface area contributed by atoms with Gasteiger partial charge in [0, 0.05) is 36.5 Å². The van der Waals surface area contributed by atoms with Gasteiger partial charge in [0.15, 0.2) is 0 Å². The van der Waals surface area contributed by atoms with Crippen LogP contribution in [0.3, 0.4) is 0 Å². The molecule has 1 saturated carbocycles. The number of para-hydroxylation sites is 1. The summed E-state index contributed by atoms with van der Waals surface area (Å²) in [5.41, 5.74) is 6.84. The van der Waals surface area contributed by atoms with Crippen LogP contribution in [0.2, 0.25) is 0 Å². The first kappa shape index (κ1) is 14.0. The van der Waals surface area contributed by atoms with E-state index in [2.05, 4.69) is 0 Å². The van der Waals surface area contributed by atoms with Gasteiger partial charge in [0.05, 0.1) is 5.56 Å². The number of amides is 1. The zero-order valence-electron chi connectivity index (χ0n) is 11.7. The fraction of sp³-hybridized carbons (Fsp3) is 0.438. The van der Waals surface area contributed by atoms with Crippen LogP contribution in [0.15, 0.2) is 30.5 Å². The zero-order chi connectivity index (χ0) is 15.0. The normalized spacial score (nSPS) is 19.0. The van der Waals surface area contributed by atoms with Crippen LogP contribution in [0.4, 0.5) is 8.78 Å². The fourth-order valence-electron chi connectivity index (χ4n) is 3.15. The smallest absolute Gasteiger partial charge is 0.250 e. The Kier molecular flexibility index (Phi) is 3.43. The number of rotatable bonds is 3. The summed E-state index contributed by atoms with van der Waals surface area (Å²) in [6.45, 7) is 0.657. The second-order valence-electron chi connectivity index (χ2n) is 5.88. The van der Waals surface area contributed by atoms with E-state index in [1.54, 1.807) is 6.20 Å². The molecule has 0 saturated heterocycles. The van der Waals surface area contributed by atoms with Gasteiger partial charge in [-0.05, 0) is 24.8 Å². The summed E-state index contributed by atoms with van der Waals surface area (Å²) in [6, 6.07) is 7.55. The monoisotopic (exact) mass is 292 g/mol. The lowest BCUT2D eigenvalue weighted by Crippen LogP contribution is -2.26. The van der Waals surface area contributed by atoms with Crippen molar-refractivity contribution in [2.75, 3.05) is 0 Å². The zero-order valence-corrected chi connectivity index (χ0v) is 11.7. The molecule has 112 valence electrons. The Morgan fingerprint density at radius 3 is 2.62 bits per heavy atom. The number of nitrogens with zero attached hydrogens (tertiary/aromatic N) is 1. The molecule has 1 aromatic carbocycles. The van der Waals surface area contributed by atoms with Crippen molar-refractivity contribution in [2.45, 2.75) is 38.2 Å². The van der Waals surface area contributed by atoms with E-state index < -0.39 is 11.8 Å². The predicted molar refractivity (Wildman–Crippen MR) is 77.4 cm³/mol. The van der Waals surface area contributed by atoms with Gasteiger partial charge in [-0.3, -0.25) is 4.79 Å². The number of primary amides is 1. The number of nitrogens with two attached hydrogens (primary N) is 1. The van der Waals surface area contributed by atoms with Gasteiger partial charge in [0.25, 0.3) is 5.91 Å². The summed E-state index contributed by atoms with van der Waals surface area (Å²) in [5, 5.41) is 0.825. The number of halogens is 2. The molecule has 1 heterocycles. The summed E-state index contributed by atoms with van der Waals surface area (Å²) in [6.07, 6.45) is 2.70. The molecule has 1 aliphatic rings. The average molecular weight is 292 g/mol. The van der Waals surface area contributed by atoms with Gasteiger partial charge in [-0.25, -0.2) is 8.78 Å². The third-order valence-electron chi connectivity index (χ3n) is 4.35. The maximum atomic E-state index is 13.2. The molecule has 5 heteroatoms. The van der Waals surface area contributed by atoms with E-state index in [0.29, 0.717) is 24.9 Å². The van der Waals surface area contributed by atoms with Crippen LogP contribution >= 0.6 is 0 Å². The molecule has 21 heavy (non-hydrogen) atoms. The summed E-state index contributed by atoms with van der Waals surface area (Å²) in [7, 11) is 0. The lowest BCUT2D eigenvalue weighted by molar-refractivity contribution is -0.0472. The highest BCUT2D eigenvalue weighted by molar-refractivity contribution is 6.06. The van der Waals surface area contributed by atoms with Gasteiger partial charge >= 0.3 is 0 Å². The molecule has 1 aromatic heterocycles. The highest BCUT2D eigenvalue weighted by Crippen LogP contribution is 2.37. The van der Waals surface area contributed by atoms with Crippen molar-refractivity contribution in [3.05, 3.63) is 36.0 Å². The van der Waals surface area contributed by atoms with Crippen molar-refractivity contribution < 1.29 is 13.6 Å².